The molecule has 0 aliphatic heterocycles. The predicted molar refractivity (Wildman–Crippen MR) is 122 cm³/mol. The number of ether oxygens (including phenoxy) is 2. The minimum Gasteiger partial charge on any atom is -0.490 e. The van der Waals surface area contributed by atoms with Crippen LogP contribution in [0.25, 0.3) is 0 Å². The molecular weight excluding hydrogens is 474 g/mol. The summed E-state index contributed by atoms with van der Waals surface area (Å²) in [6.07, 6.45) is 1.97. The van der Waals surface area contributed by atoms with Crippen LogP contribution in [0.15, 0.2) is 46.0 Å². The van der Waals surface area contributed by atoms with Crippen LogP contribution in [0.4, 0.5) is 5.69 Å². The van der Waals surface area contributed by atoms with E-state index in [2.05, 4.69) is 31.8 Å². The Morgan fingerprint density at radius 2 is 1.87 bits per heavy atom. The molecule has 0 heterocycles. The second-order valence-corrected chi connectivity index (χ2v) is 7.43. The zero-order chi connectivity index (χ0) is 21.9. The van der Waals surface area contributed by atoms with Crippen molar-refractivity contribution in [1.82, 2.24) is 5.43 Å². The number of carbonyl (C=O) groups excluding carboxylic acids is 2. The second kappa shape index (κ2) is 12.2. The van der Waals surface area contributed by atoms with E-state index in [1.54, 1.807) is 36.4 Å². The minimum absolute atomic E-state index is 0.363. The van der Waals surface area contributed by atoms with Crippen molar-refractivity contribution in [2.75, 3.05) is 18.5 Å². The summed E-state index contributed by atoms with van der Waals surface area (Å²) in [6, 6.07) is 10.2. The number of carbonyl (C=O) groups is 2. The average Bonchev–Trinajstić information content (AvgIpc) is 2.69. The molecule has 0 aromatic heterocycles. The summed E-state index contributed by atoms with van der Waals surface area (Å²) in [5.41, 5.74) is 3.59. The highest BCUT2D eigenvalue weighted by atomic mass is 79.9. The summed E-state index contributed by atoms with van der Waals surface area (Å²) < 4.78 is 12.1. The quantitative estimate of drug-likeness (QED) is 0.282. The van der Waals surface area contributed by atoms with E-state index in [1.165, 1.54) is 6.21 Å². The zero-order valence-electron chi connectivity index (χ0n) is 16.7. The van der Waals surface area contributed by atoms with Crippen molar-refractivity contribution in [1.29, 1.82) is 0 Å². The number of rotatable bonds is 10. The summed E-state index contributed by atoms with van der Waals surface area (Å²) in [7, 11) is 0. The highest BCUT2D eigenvalue weighted by Crippen LogP contribution is 2.36. The van der Waals surface area contributed by atoms with Crippen molar-refractivity contribution in [2.24, 2.45) is 5.10 Å². The first-order valence-corrected chi connectivity index (χ1v) is 10.6. The Morgan fingerprint density at radius 1 is 1.13 bits per heavy atom. The number of hydrogen-bond acceptors (Lipinski definition) is 5. The van der Waals surface area contributed by atoms with Gasteiger partial charge in [-0.05, 0) is 71.2 Å². The molecule has 0 aliphatic rings. The fraction of sp³-hybridized carbons (Fsp3) is 0.286. The topological polar surface area (TPSA) is 89.0 Å². The number of halogens is 2. The number of hydrazone groups is 1. The van der Waals surface area contributed by atoms with Gasteiger partial charge in [-0.25, -0.2) is 5.43 Å². The molecule has 160 valence electrons. The first kappa shape index (κ1) is 23.7. The number of benzene rings is 2. The van der Waals surface area contributed by atoms with Crippen molar-refractivity contribution in [3.05, 3.63) is 51.5 Å². The van der Waals surface area contributed by atoms with Crippen molar-refractivity contribution in [3.63, 3.8) is 0 Å². The molecule has 9 heteroatoms. The molecule has 2 aromatic carbocycles. The molecule has 0 aliphatic carbocycles. The van der Waals surface area contributed by atoms with E-state index in [1.807, 2.05) is 13.8 Å². The lowest BCUT2D eigenvalue weighted by Gasteiger charge is -2.14. The summed E-state index contributed by atoms with van der Waals surface area (Å²) in [5, 5.41) is 7.08. The monoisotopic (exact) mass is 495 g/mol. The number of amides is 2. The molecule has 0 spiro atoms. The van der Waals surface area contributed by atoms with Crippen molar-refractivity contribution in [2.45, 2.75) is 26.7 Å². The Morgan fingerprint density at radius 3 is 2.53 bits per heavy atom. The predicted octanol–water partition coefficient (Wildman–Crippen LogP) is 4.77. The van der Waals surface area contributed by atoms with Gasteiger partial charge in [-0.3, -0.25) is 9.59 Å². The van der Waals surface area contributed by atoms with Gasteiger partial charge in [-0.15, -0.1) is 0 Å². The molecule has 0 radical (unpaired) electrons. The fourth-order valence-corrected chi connectivity index (χ4v) is 3.07. The Labute approximate surface area is 188 Å². The SMILES string of the molecule is CCCOc1c(Br)cc(C=NNC(=O)CC(=O)Nc2ccc(Cl)cc2)cc1OCC. The number of hydrogen-bond donors (Lipinski definition) is 2. The van der Waals surface area contributed by atoms with E-state index in [-0.39, 0.29) is 6.42 Å². The highest BCUT2D eigenvalue weighted by Gasteiger charge is 2.12. The standard InChI is InChI=1S/C21H23BrClN3O4/c1-3-9-30-21-17(22)10-14(11-18(21)29-4-2)13-24-26-20(28)12-19(27)25-16-7-5-15(23)6-8-16/h5-8,10-11,13H,3-4,9,12H2,1-2H3,(H,25,27)(H,26,28). The number of anilines is 1. The highest BCUT2D eigenvalue weighted by molar-refractivity contribution is 9.10. The van der Waals surface area contributed by atoms with Crippen molar-refractivity contribution >= 4 is 51.2 Å². The molecule has 2 N–H and O–H groups in total. The first-order valence-electron chi connectivity index (χ1n) is 9.39. The molecule has 0 atom stereocenters. The van der Waals surface area contributed by atoms with Crippen LogP contribution >= 0.6 is 27.5 Å². The minimum atomic E-state index is -0.537. The van der Waals surface area contributed by atoms with Gasteiger partial charge in [0.25, 0.3) is 0 Å². The molecule has 0 fully saturated rings. The third-order valence-corrected chi connectivity index (χ3v) is 4.48. The van der Waals surface area contributed by atoms with Crippen LogP contribution in [0.3, 0.4) is 0 Å². The Bertz CT molecular complexity index is 904. The molecule has 2 amide bonds. The van der Waals surface area contributed by atoms with Crippen LogP contribution in [0, 0.1) is 0 Å². The van der Waals surface area contributed by atoms with Gasteiger partial charge in [0, 0.05) is 10.7 Å². The van der Waals surface area contributed by atoms with Crippen LogP contribution in [-0.2, 0) is 9.59 Å². The molecule has 7 nitrogen and oxygen atoms in total. The molecule has 30 heavy (non-hydrogen) atoms. The van der Waals surface area contributed by atoms with E-state index < -0.39 is 11.8 Å². The van der Waals surface area contributed by atoms with E-state index in [9.17, 15) is 9.59 Å². The Kier molecular flexibility index (Phi) is 9.63. The van der Waals surface area contributed by atoms with Crippen LogP contribution in [-0.4, -0.2) is 31.2 Å². The van der Waals surface area contributed by atoms with Gasteiger partial charge < -0.3 is 14.8 Å². The van der Waals surface area contributed by atoms with Gasteiger partial charge in [0.15, 0.2) is 11.5 Å². The van der Waals surface area contributed by atoms with Gasteiger partial charge in [0.2, 0.25) is 11.8 Å². The van der Waals surface area contributed by atoms with Gasteiger partial charge in [-0.2, -0.15) is 5.10 Å². The molecule has 0 bridgehead atoms. The van der Waals surface area contributed by atoms with Crippen molar-refractivity contribution < 1.29 is 19.1 Å². The lowest BCUT2D eigenvalue weighted by atomic mass is 10.2. The lowest BCUT2D eigenvalue weighted by molar-refractivity contribution is -0.126. The maximum absolute atomic E-state index is 11.9. The lowest BCUT2D eigenvalue weighted by Crippen LogP contribution is -2.24. The fourth-order valence-electron chi connectivity index (χ4n) is 2.37. The molecule has 0 saturated heterocycles. The smallest absolute Gasteiger partial charge is 0.249 e. The Hall–Kier alpha value is -2.58. The summed E-state index contributed by atoms with van der Waals surface area (Å²) >= 11 is 9.27. The summed E-state index contributed by atoms with van der Waals surface area (Å²) in [4.78, 5) is 23.9. The maximum atomic E-state index is 11.9. The van der Waals surface area contributed by atoms with Gasteiger partial charge in [0.05, 0.1) is 23.9 Å². The van der Waals surface area contributed by atoms with Crippen LogP contribution in [0.1, 0.15) is 32.3 Å². The van der Waals surface area contributed by atoms with Gasteiger partial charge >= 0.3 is 0 Å². The molecule has 0 saturated carbocycles. The first-order chi connectivity index (χ1) is 14.4. The van der Waals surface area contributed by atoms with Crippen LogP contribution in [0.5, 0.6) is 11.5 Å². The average molecular weight is 497 g/mol. The Balaban J connectivity index is 1.94. The van der Waals surface area contributed by atoms with E-state index >= 15 is 0 Å². The number of nitrogens with zero attached hydrogens (tertiary/aromatic N) is 1. The molecule has 0 unspecified atom stereocenters. The van der Waals surface area contributed by atoms with Gasteiger partial charge in [0.1, 0.15) is 6.42 Å². The maximum Gasteiger partial charge on any atom is 0.249 e. The number of nitrogens with one attached hydrogen (secondary N) is 2. The van der Waals surface area contributed by atoms with Crippen molar-refractivity contribution in [3.8, 4) is 11.5 Å². The molecular formula is C21H23BrClN3O4. The van der Waals surface area contributed by atoms with Crippen LogP contribution < -0.4 is 20.2 Å². The van der Waals surface area contributed by atoms with E-state index in [0.717, 1.165) is 10.9 Å². The third kappa shape index (κ3) is 7.68. The largest absolute Gasteiger partial charge is 0.490 e. The third-order valence-electron chi connectivity index (χ3n) is 3.63. The normalized spacial score (nSPS) is 10.7. The second-order valence-electron chi connectivity index (χ2n) is 6.14. The van der Waals surface area contributed by atoms with Crippen LogP contribution in [0.2, 0.25) is 5.02 Å². The molecule has 2 rings (SSSR count). The summed E-state index contributed by atoms with van der Waals surface area (Å²) in [6.45, 7) is 4.95. The summed E-state index contributed by atoms with van der Waals surface area (Å²) in [5.74, 6) is 0.211. The van der Waals surface area contributed by atoms with E-state index in [4.69, 9.17) is 21.1 Å². The van der Waals surface area contributed by atoms with Gasteiger partial charge in [-0.1, -0.05) is 18.5 Å². The zero-order valence-corrected chi connectivity index (χ0v) is 19.0. The molecule has 2 aromatic rings. The van der Waals surface area contributed by atoms with E-state index in [0.29, 0.717) is 41.0 Å².